The molecule has 1 amide bonds. The first-order chi connectivity index (χ1) is 9.68. The van der Waals surface area contributed by atoms with E-state index in [4.69, 9.17) is 0 Å². The Hall–Kier alpha value is -1.10. The highest BCUT2D eigenvalue weighted by Gasteiger charge is 2.35. The van der Waals surface area contributed by atoms with Crippen LogP contribution < -0.4 is 5.32 Å². The zero-order valence-electron chi connectivity index (χ0n) is 12.1. The molecule has 2 unspecified atom stereocenters. The fourth-order valence-electron chi connectivity index (χ4n) is 3.39. The molecule has 0 aromatic rings. The monoisotopic (exact) mass is 282 g/mol. The van der Waals surface area contributed by atoms with Crippen molar-refractivity contribution in [1.82, 2.24) is 10.2 Å². The summed E-state index contributed by atoms with van der Waals surface area (Å²) in [7, 11) is 0. The van der Waals surface area contributed by atoms with Crippen LogP contribution in [0.5, 0.6) is 0 Å². The molecule has 5 heteroatoms. The minimum atomic E-state index is -0.818. The fourth-order valence-corrected chi connectivity index (χ4v) is 3.39. The second-order valence-electron chi connectivity index (χ2n) is 6.03. The van der Waals surface area contributed by atoms with Crippen LogP contribution in [0.25, 0.3) is 0 Å². The Labute approximate surface area is 120 Å². The molecule has 114 valence electrons. The number of amides is 1. The average molecular weight is 282 g/mol. The fraction of sp³-hybridized carbons (Fsp3) is 0.867. The van der Waals surface area contributed by atoms with Crippen LogP contribution in [-0.4, -0.2) is 48.1 Å². The van der Waals surface area contributed by atoms with Gasteiger partial charge in [0.2, 0.25) is 5.91 Å². The van der Waals surface area contributed by atoms with E-state index in [1.54, 1.807) is 0 Å². The van der Waals surface area contributed by atoms with Gasteiger partial charge in [0.1, 0.15) is 0 Å². The summed E-state index contributed by atoms with van der Waals surface area (Å²) in [6.07, 6.45) is 6.78. The summed E-state index contributed by atoms with van der Waals surface area (Å²) in [6.45, 7) is 4.06. The molecule has 2 fully saturated rings. The molecule has 1 aliphatic carbocycles. The third-order valence-electron chi connectivity index (χ3n) is 4.57. The molecule has 2 N–H and O–H groups in total. The predicted molar refractivity (Wildman–Crippen MR) is 76.4 cm³/mol. The number of hydrogen-bond acceptors (Lipinski definition) is 3. The molecule has 1 aliphatic heterocycles. The Morgan fingerprint density at radius 2 is 1.70 bits per heavy atom. The van der Waals surface area contributed by atoms with Gasteiger partial charge in [-0.3, -0.25) is 9.59 Å². The Morgan fingerprint density at radius 1 is 1.05 bits per heavy atom. The number of carboxylic acids is 1. The van der Waals surface area contributed by atoms with Gasteiger partial charge in [-0.25, -0.2) is 0 Å². The van der Waals surface area contributed by atoms with Gasteiger partial charge in [-0.05, 0) is 51.7 Å². The minimum absolute atomic E-state index is 0.0569. The summed E-state index contributed by atoms with van der Waals surface area (Å²) in [6, 6.07) is 0. The summed E-state index contributed by atoms with van der Waals surface area (Å²) in [5.41, 5.74) is 0. The van der Waals surface area contributed by atoms with Gasteiger partial charge in [-0.1, -0.05) is 12.8 Å². The molecule has 1 saturated carbocycles. The van der Waals surface area contributed by atoms with Crippen LogP contribution in [-0.2, 0) is 9.59 Å². The van der Waals surface area contributed by atoms with Crippen LogP contribution in [0.4, 0.5) is 0 Å². The zero-order valence-corrected chi connectivity index (χ0v) is 12.1. The topological polar surface area (TPSA) is 69.6 Å². The van der Waals surface area contributed by atoms with E-state index in [-0.39, 0.29) is 11.8 Å². The van der Waals surface area contributed by atoms with Crippen LogP contribution in [0.2, 0.25) is 0 Å². The molecule has 0 spiro atoms. The van der Waals surface area contributed by atoms with E-state index in [9.17, 15) is 14.7 Å². The van der Waals surface area contributed by atoms with Crippen molar-refractivity contribution in [1.29, 1.82) is 0 Å². The molecule has 2 rings (SSSR count). The lowest BCUT2D eigenvalue weighted by atomic mass is 9.79. The number of carbonyl (C=O) groups excluding carboxylic acids is 1. The van der Waals surface area contributed by atoms with Crippen LogP contribution in [0, 0.1) is 11.8 Å². The molecule has 0 bridgehead atoms. The number of aliphatic carboxylic acids is 1. The first kappa shape index (κ1) is 15.3. The second kappa shape index (κ2) is 7.62. The van der Waals surface area contributed by atoms with E-state index in [0.29, 0.717) is 13.0 Å². The van der Waals surface area contributed by atoms with Crippen LogP contribution in [0.15, 0.2) is 0 Å². The third kappa shape index (κ3) is 4.20. The van der Waals surface area contributed by atoms with Crippen molar-refractivity contribution in [3.63, 3.8) is 0 Å². The Morgan fingerprint density at radius 3 is 2.35 bits per heavy atom. The van der Waals surface area contributed by atoms with Crippen molar-refractivity contribution in [3.05, 3.63) is 0 Å². The van der Waals surface area contributed by atoms with Crippen molar-refractivity contribution >= 4 is 11.9 Å². The number of carboxylic acid groups (broad SMARTS) is 1. The number of hydrogen-bond donors (Lipinski definition) is 2. The van der Waals surface area contributed by atoms with Gasteiger partial charge >= 0.3 is 5.97 Å². The van der Waals surface area contributed by atoms with Gasteiger partial charge in [-0.15, -0.1) is 0 Å². The summed E-state index contributed by atoms with van der Waals surface area (Å²) in [4.78, 5) is 25.7. The number of nitrogens with one attached hydrogen (secondary N) is 1. The lowest BCUT2D eigenvalue weighted by molar-refractivity contribution is -0.148. The van der Waals surface area contributed by atoms with Gasteiger partial charge in [0.05, 0.1) is 11.8 Å². The van der Waals surface area contributed by atoms with E-state index in [1.807, 2.05) is 0 Å². The number of carbonyl (C=O) groups is 2. The van der Waals surface area contributed by atoms with Gasteiger partial charge in [0, 0.05) is 6.54 Å². The van der Waals surface area contributed by atoms with Crippen molar-refractivity contribution in [2.75, 3.05) is 26.2 Å². The highest BCUT2D eigenvalue weighted by Crippen LogP contribution is 2.30. The molecule has 0 aromatic carbocycles. The molecule has 0 radical (unpaired) electrons. The zero-order chi connectivity index (χ0) is 14.4. The van der Waals surface area contributed by atoms with Gasteiger partial charge < -0.3 is 15.3 Å². The molecule has 20 heavy (non-hydrogen) atoms. The Kier molecular flexibility index (Phi) is 5.83. The second-order valence-corrected chi connectivity index (χ2v) is 6.03. The maximum atomic E-state index is 12.1. The highest BCUT2D eigenvalue weighted by molar-refractivity contribution is 5.84. The molecular formula is C15H26N2O3. The largest absolute Gasteiger partial charge is 0.481 e. The summed E-state index contributed by atoms with van der Waals surface area (Å²) < 4.78 is 0. The third-order valence-corrected chi connectivity index (χ3v) is 4.57. The van der Waals surface area contributed by atoms with Gasteiger partial charge in [-0.2, -0.15) is 0 Å². The van der Waals surface area contributed by atoms with Crippen molar-refractivity contribution in [2.45, 2.75) is 44.9 Å². The maximum absolute atomic E-state index is 12.1. The molecule has 5 nitrogen and oxygen atoms in total. The van der Waals surface area contributed by atoms with Crippen molar-refractivity contribution < 1.29 is 14.7 Å². The number of nitrogens with zero attached hydrogens (tertiary/aromatic N) is 1. The van der Waals surface area contributed by atoms with Gasteiger partial charge in [0.25, 0.3) is 0 Å². The van der Waals surface area contributed by atoms with E-state index >= 15 is 0 Å². The molecule has 0 aromatic heterocycles. The Balaban J connectivity index is 1.68. The first-order valence-electron chi connectivity index (χ1n) is 7.91. The molecular weight excluding hydrogens is 256 g/mol. The first-order valence-corrected chi connectivity index (χ1v) is 7.91. The van der Waals surface area contributed by atoms with Crippen LogP contribution >= 0.6 is 0 Å². The Bertz CT molecular complexity index is 340. The summed E-state index contributed by atoms with van der Waals surface area (Å²) in [5.74, 6) is -1.68. The molecule has 2 aliphatic rings. The van der Waals surface area contributed by atoms with Crippen LogP contribution in [0.3, 0.4) is 0 Å². The van der Waals surface area contributed by atoms with Gasteiger partial charge in [0.15, 0.2) is 0 Å². The normalized spacial score (nSPS) is 27.4. The summed E-state index contributed by atoms with van der Waals surface area (Å²) >= 11 is 0. The molecule has 1 saturated heterocycles. The minimum Gasteiger partial charge on any atom is -0.481 e. The van der Waals surface area contributed by atoms with Crippen molar-refractivity contribution in [3.8, 4) is 0 Å². The summed E-state index contributed by atoms with van der Waals surface area (Å²) in [5, 5.41) is 12.1. The lowest BCUT2D eigenvalue weighted by Gasteiger charge is -2.27. The van der Waals surface area contributed by atoms with E-state index in [1.165, 1.54) is 25.9 Å². The standard InChI is InChI=1S/C15H26N2O3/c18-14(12-6-1-2-7-13(12)15(19)20)16-8-5-11-17-9-3-4-10-17/h12-13H,1-11H2,(H,16,18)(H,19,20). The maximum Gasteiger partial charge on any atom is 0.307 e. The SMILES string of the molecule is O=C(O)C1CCCCC1C(=O)NCCCN1CCCC1. The highest BCUT2D eigenvalue weighted by atomic mass is 16.4. The number of likely N-dealkylation sites (tertiary alicyclic amines) is 1. The lowest BCUT2D eigenvalue weighted by Crippen LogP contribution is -2.40. The number of rotatable bonds is 6. The van der Waals surface area contributed by atoms with E-state index < -0.39 is 11.9 Å². The predicted octanol–water partition coefficient (Wildman–Crippen LogP) is 1.48. The quantitative estimate of drug-likeness (QED) is 0.724. The van der Waals surface area contributed by atoms with Crippen molar-refractivity contribution in [2.24, 2.45) is 11.8 Å². The van der Waals surface area contributed by atoms with E-state index in [2.05, 4.69) is 10.2 Å². The van der Waals surface area contributed by atoms with Crippen LogP contribution in [0.1, 0.15) is 44.9 Å². The molecule has 1 heterocycles. The average Bonchev–Trinajstić information content (AvgIpc) is 2.96. The van der Waals surface area contributed by atoms with E-state index in [0.717, 1.165) is 32.2 Å². The molecule has 2 atom stereocenters. The smallest absolute Gasteiger partial charge is 0.307 e.